The molecular formula is C26H26N4O5. The number of aryl methyl sites for hydroxylation is 1. The Morgan fingerprint density at radius 2 is 1.94 bits per heavy atom. The van der Waals surface area contributed by atoms with Crippen molar-refractivity contribution < 1.29 is 23.7 Å². The van der Waals surface area contributed by atoms with Crippen molar-refractivity contribution in [2.75, 3.05) is 25.9 Å². The molecule has 1 N–H and O–H groups in total. The SMILES string of the molecule is CCOc1cc(/C=N\Nc2nc(C)cc(COC)c2C#N)ccc1OCc1ccc2c(c1)OCO2. The van der Waals surface area contributed by atoms with E-state index >= 15 is 0 Å². The molecule has 180 valence electrons. The summed E-state index contributed by atoms with van der Waals surface area (Å²) in [6.45, 7) is 5.15. The van der Waals surface area contributed by atoms with E-state index in [9.17, 15) is 5.26 Å². The molecule has 35 heavy (non-hydrogen) atoms. The number of aromatic nitrogens is 1. The second-order valence-corrected chi connectivity index (χ2v) is 7.68. The number of ether oxygens (including phenoxy) is 5. The Bertz CT molecular complexity index is 1270. The molecule has 1 aliphatic heterocycles. The molecule has 0 atom stereocenters. The van der Waals surface area contributed by atoms with Gasteiger partial charge >= 0.3 is 0 Å². The highest BCUT2D eigenvalue weighted by molar-refractivity contribution is 5.81. The maximum absolute atomic E-state index is 9.56. The number of nitrogens with zero attached hydrogens (tertiary/aromatic N) is 3. The van der Waals surface area contributed by atoms with Crippen LogP contribution in [0.25, 0.3) is 0 Å². The largest absolute Gasteiger partial charge is 0.490 e. The third-order valence-electron chi connectivity index (χ3n) is 5.12. The molecular weight excluding hydrogens is 448 g/mol. The molecule has 9 nitrogen and oxygen atoms in total. The minimum atomic E-state index is 0.234. The molecule has 4 rings (SSSR count). The van der Waals surface area contributed by atoms with Crippen LogP contribution in [-0.2, 0) is 18.0 Å². The first-order chi connectivity index (χ1) is 17.1. The van der Waals surface area contributed by atoms with Gasteiger partial charge in [-0.15, -0.1) is 0 Å². The van der Waals surface area contributed by atoms with E-state index in [1.165, 1.54) is 0 Å². The zero-order valence-corrected chi connectivity index (χ0v) is 19.8. The van der Waals surface area contributed by atoms with Crippen molar-refractivity contribution in [1.82, 2.24) is 4.98 Å². The van der Waals surface area contributed by atoms with Gasteiger partial charge in [0, 0.05) is 18.4 Å². The van der Waals surface area contributed by atoms with Crippen molar-refractivity contribution in [1.29, 1.82) is 5.26 Å². The molecule has 0 spiro atoms. The van der Waals surface area contributed by atoms with Crippen molar-refractivity contribution in [3.05, 3.63) is 70.4 Å². The summed E-state index contributed by atoms with van der Waals surface area (Å²) in [5.74, 6) is 3.05. The summed E-state index contributed by atoms with van der Waals surface area (Å²) in [6, 6.07) is 15.3. The average Bonchev–Trinajstić information content (AvgIpc) is 3.32. The van der Waals surface area contributed by atoms with Crippen molar-refractivity contribution >= 4 is 12.0 Å². The highest BCUT2D eigenvalue weighted by atomic mass is 16.7. The standard InChI is InChI=1S/C26H26N4O5/c1-4-32-24-10-18(13-28-30-26-21(12-27)20(15-31-3)9-17(2)29-26)5-7-22(24)33-14-19-6-8-23-25(11-19)35-16-34-23/h5-11,13H,4,14-16H2,1-3H3,(H,29,30)/b28-13-. The number of hydrogen-bond acceptors (Lipinski definition) is 9. The van der Waals surface area contributed by atoms with Crippen LogP contribution in [0.2, 0.25) is 0 Å². The molecule has 0 saturated heterocycles. The Morgan fingerprint density at radius 1 is 1.09 bits per heavy atom. The molecule has 2 heterocycles. The molecule has 1 aromatic heterocycles. The van der Waals surface area contributed by atoms with Gasteiger partial charge in [-0.2, -0.15) is 10.4 Å². The molecule has 1 aliphatic rings. The smallest absolute Gasteiger partial charge is 0.231 e. The van der Waals surface area contributed by atoms with Crippen LogP contribution in [0.1, 0.15) is 34.9 Å². The summed E-state index contributed by atoms with van der Waals surface area (Å²) in [4.78, 5) is 4.39. The lowest BCUT2D eigenvalue weighted by Gasteiger charge is -2.13. The molecule has 2 aromatic carbocycles. The summed E-state index contributed by atoms with van der Waals surface area (Å²) < 4.78 is 27.7. The Labute approximate surface area is 203 Å². The number of fused-ring (bicyclic) bond motifs is 1. The van der Waals surface area contributed by atoms with Crippen LogP contribution in [-0.4, -0.2) is 31.7 Å². The monoisotopic (exact) mass is 474 g/mol. The van der Waals surface area contributed by atoms with Crippen molar-refractivity contribution in [3.63, 3.8) is 0 Å². The number of benzene rings is 2. The van der Waals surface area contributed by atoms with Crippen molar-refractivity contribution in [2.45, 2.75) is 27.1 Å². The van der Waals surface area contributed by atoms with E-state index in [0.717, 1.165) is 28.1 Å². The Morgan fingerprint density at radius 3 is 2.74 bits per heavy atom. The van der Waals surface area contributed by atoms with Crippen LogP contribution >= 0.6 is 0 Å². The van der Waals surface area contributed by atoms with Gasteiger partial charge in [0.15, 0.2) is 28.8 Å². The summed E-state index contributed by atoms with van der Waals surface area (Å²) in [5, 5.41) is 13.8. The quantitative estimate of drug-likeness (QED) is 0.337. The van der Waals surface area contributed by atoms with Gasteiger partial charge in [0.1, 0.15) is 18.2 Å². The van der Waals surface area contributed by atoms with Crippen molar-refractivity contribution in [3.8, 4) is 29.1 Å². The number of anilines is 1. The highest BCUT2D eigenvalue weighted by Crippen LogP contribution is 2.34. The minimum absolute atomic E-state index is 0.234. The summed E-state index contributed by atoms with van der Waals surface area (Å²) >= 11 is 0. The Hall–Kier alpha value is -4.29. The molecule has 9 heteroatoms. The van der Waals surface area contributed by atoms with Gasteiger partial charge in [-0.25, -0.2) is 4.98 Å². The molecule has 0 unspecified atom stereocenters. The van der Waals surface area contributed by atoms with Gasteiger partial charge in [-0.1, -0.05) is 6.07 Å². The van der Waals surface area contributed by atoms with Crippen LogP contribution in [0.15, 0.2) is 47.6 Å². The van der Waals surface area contributed by atoms with E-state index in [2.05, 4.69) is 21.6 Å². The predicted molar refractivity (Wildman–Crippen MR) is 130 cm³/mol. The molecule has 3 aromatic rings. The maximum atomic E-state index is 9.56. The fourth-order valence-electron chi connectivity index (χ4n) is 3.57. The van der Waals surface area contributed by atoms with Crippen LogP contribution in [0.5, 0.6) is 23.0 Å². The predicted octanol–water partition coefficient (Wildman–Crippen LogP) is 4.56. The summed E-state index contributed by atoms with van der Waals surface area (Å²) in [7, 11) is 1.58. The molecule has 0 bridgehead atoms. The second kappa shape index (κ2) is 11.2. The normalized spacial score (nSPS) is 11.9. The van der Waals surface area contributed by atoms with E-state index in [1.807, 2.05) is 56.3 Å². The van der Waals surface area contributed by atoms with E-state index in [-0.39, 0.29) is 6.79 Å². The number of rotatable bonds is 10. The molecule has 0 fully saturated rings. The number of hydrogen-bond donors (Lipinski definition) is 1. The van der Waals surface area contributed by atoms with Crippen molar-refractivity contribution in [2.24, 2.45) is 5.10 Å². The number of nitriles is 1. The summed E-state index contributed by atoms with van der Waals surface area (Å²) in [6.07, 6.45) is 1.63. The van der Waals surface area contributed by atoms with Crippen LogP contribution in [0.3, 0.4) is 0 Å². The number of nitrogens with one attached hydrogen (secondary N) is 1. The molecule has 0 radical (unpaired) electrons. The number of hydrazone groups is 1. The van der Waals surface area contributed by atoms with Gasteiger partial charge in [-0.05, 0) is 61.4 Å². The van der Waals surface area contributed by atoms with E-state index in [1.54, 1.807) is 13.3 Å². The lowest BCUT2D eigenvalue weighted by atomic mass is 10.1. The highest BCUT2D eigenvalue weighted by Gasteiger charge is 2.14. The Kier molecular flexibility index (Phi) is 7.65. The topological polar surface area (TPSA) is 107 Å². The third kappa shape index (κ3) is 5.80. The first kappa shape index (κ1) is 23.9. The minimum Gasteiger partial charge on any atom is -0.490 e. The fraction of sp³-hybridized carbons (Fsp3) is 0.269. The second-order valence-electron chi connectivity index (χ2n) is 7.68. The zero-order valence-electron chi connectivity index (χ0n) is 19.8. The van der Waals surface area contributed by atoms with E-state index < -0.39 is 0 Å². The zero-order chi connectivity index (χ0) is 24.6. The van der Waals surface area contributed by atoms with E-state index in [0.29, 0.717) is 48.5 Å². The third-order valence-corrected chi connectivity index (χ3v) is 5.12. The lowest BCUT2D eigenvalue weighted by Crippen LogP contribution is -2.04. The molecule has 0 amide bonds. The van der Waals surface area contributed by atoms with Gasteiger partial charge in [0.05, 0.1) is 19.4 Å². The lowest BCUT2D eigenvalue weighted by molar-refractivity contribution is 0.174. The number of methoxy groups -OCH3 is 1. The fourth-order valence-corrected chi connectivity index (χ4v) is 3.57. The van der Waals surface area contributed by atoms with Crippen LogP contribution in [0.4, 0.5) is 5.82 Å². The Balaban J connectivity index is 1.46. The molecule has 0 aliphatic carbocycles. The maximum Gasteiger partial charge on any atom is 0.231 e. The molecule has 0 saturated carbocycles. The van der Waals surface area contributed by atoms with Crippen LogP contribution in [0, 0.1) is 18.3 Å². The first-order valence-electron chi connectivity index (χ1n) is 11.1. The van der Waals surface area contributed by atoms with Gasteiger partial charge in [0.2, 0.25) is 6.79 Å². The van der Waals surface area contributed by atoms with Gasteiger partial charge in [0.25, 0.3) is 0 Å². The summed E-state index contributed by atoms with van der Waals surface area (Å²) in [5.41, 5.74) is 6.53. The van der Waals surface area contributed by atoms with E-state index in [4.69, 9.17) is 23.7 Å². The van der Waals surface area contributed by atoms with Gasteiger partial charge < -0.3 is 23.7 Å². The number of pyridine rings is 1. The van der Waals surface area contributed by atoms with Crippen LogP contribution < -0.4 is 24.4 Å². The van der Waals surface area contributed by atoms with Gasteiger partial charge in [-0.3, -0.25) is 5.43 Å². The average molecular weight is 475 g/mol. The first-order valence-corrected chi connectivity index (χ1v) is 11.1.